The lowest BCUT2D eigenvalue weighted by atomic mass is 10.1. The molecule has 3 rings (SSSR count). The van der Waals surface area contributed by atoms with E-state index >= 15 is 0 Å². The number of anilines is 1. The van der Waals surface area contributed by atoms with Crippen LogP contribution in [0.4, 0.5) is 5.69 Å². The lowest BCUT2D eigenvalue weighted by Crippen LogP contribution is -2.38. The van der Waals surface area contributed by atoms with Gasteiger partial charge in [-0.15, -0.1) is 24.0 Å². The van der Waals surface area contributed by atoms with Gasteiger partial charge in [0.05, 0.1) is 13.7 Å². The second kappa shape index (κ2) is 12.4. The average molecular weight is 522 g/mol. The second-order valence-corrected chi connectivity index (χ2v) is 7.00. The molecule has 6 nitrogen and oxygen atoms in total. The van der Waals surface area contributed by atoms with Crippen molar-refractivity contribution in [2.75, 3.05) is 31.6 Å². The van der Waals surface area contributed by atoms with E-state index in [1.165, 1.54) is 5.56 Å². The first kappa shape index (κ1) is 24.0. The summed E-state index contributed by atoms with van der Waals surface area (Å²) in [6, 6.07) is 16.2. The summed E-state index contributed by atoms with van der Waals surface area (Å²) in [5.74, 6) is 1.92. The molecule has 0 unspecified atom stereocenters. The lowest BCUT2D eigenvalue weighted by Gasteiger charge is -2.16. The van der Waals surface area contributed by atoms with Crippen molar-refractivity contribution in [1.29, 1.82) is 0 Å². The summed E-state index contributed by atoms with van der Waals surface area (Å²) < 4.78 is 5.41. The van der Waals surface area contributed by atoms with Crippen LogP contribution in [0.5, 0.6) is 5.75 Å². The first-order valence-corrected chi connectivity index (χ1v) is 10.2. The van der Waals surface area contributed by atoms with Crippen molar-refractivity contribution in [3.8, 4) is 5.75 Å². The van der Waals surface area contributed by atoms with Crippen molar-refractivity contribution >= 4 is 41.5 Å². The number of amides is 1. The van der Waals surface area contributed by atoms with E-state index in [-0.39, 0.29) is 29.9 Å². The molecule has 2 aromatic carbocycles. The fourth-order valence-corrected chi connectivity index (χ4v) is 3.44. The van der Waals surface area contributed by atoms with Crippen LogP contribution in [0.25, 0.3) is 0 Å². The Morgan fingerprint density at radius 2 is 1.90 bits per heavy atom. The molecule has 0 aromatic heterocycles. The number of carbonyl (C=O) groups is 1. The molecular formula is C23H31IN4O2. The zero-order chi connectivity index (χ0) is 20.5. The molecule has 1 heterocycles. The maximum Gasteiger partial charge on any atom is 0.227 e. The number of rotatable bonds is 8. The fraction of sp³-hybridized carbons (Fsp3) is 0.391. The summed E-state index contributed by atoms with van der Waals surface area (Å²) in [4.78, 5) is 18.4. The first-order valence-electron chi connectivity index (χ1n) is 10.2. The molecule has 1 amide bonds. The van der Waals surface area contributed by atoms with E-state index in [1.54, 1.807) is 7.11 Å². The summed E-state index contributed by atoms with van der Waals surface area (Å²) in [5, 5.41) is 6.67. The number of guanidine groups is 1. The second-order valence-electron chi connectivity index (χ2n) is 7.00. The van der Waals surface area contributed by atoms with Crippen LogP contribution >= 0.6 is 24.0 Å². The van der Waals surface area contributed by atoms with Crippen LogP contribution in [0.1, 0.15) is 30.9 Å². The van der Waals surface area contributed by atoms with Crippen LogP contribution in [-0.4, -0.2) is 38.6 Å². The van der Waals surface area contributed by atoms with E-state index < -0.39 is 0 Å². The van der Waals surface area contributed by atoms with Gasteiger partial charge in [-0.25, -0.2) is 4.99 Å². The van der Waals surface area contributed by atoms with E-state index in [1.807, 2.05) is 47.4 Å². The molecule has 0 spiro atoms. The monoisotopic (exact) mass is 522 g/mol. The van der Waals surface area contributed by atoms with Crippen LogP contribution in [-0.2, 0) is 17.8 Å². The Morgan fingerprint density at radius 3 is 2.57 bits per heavy atom. The van der Waals surface area contributed by atoms with Gasteiger partial charge in [-0.1, -0.05) is 30.3 Å². The van der Waals surface area contributed by atoms with Crippen LogP contribution in [0.15, 0.2) is 53.5 Å². The molecule has 30 heavy (non-hydrogen) atoms. The third-order valence-electron chi connectivity index (χ3n) is 4.96. The number of carbonyl (C=O) groups excluding carboxylic acids is 1. The molecule has 0 bridgehead atoms. The van der Waals surface area contributed by atoms with Gasteiger partial charge in [0.2, 0.25) is 5.91 Å². The number of ether oxygens (including phenoxy) is 1. The molecule has 0 radical (unpaired) electrons. The van der Waals surface area contributed by atoms with Crippen molar-refractivity contribution in [2.24, 2.45) is 4.99 Å². The summed E-state index contributed by atoms with van der Waals surface area (Å²) >= 11 is 0. The van der Waals surface area contributed by atoms with Crippen molar-refractivity contribution in [3.63, 3.8) is 0 Å². The Balaban J connectivity index is 0.00000320. The third kappa shape index (κ3) is 6.62. The molecule has 162 valence electrons. The Kier molecular flexibility index (Phi) is 9.93. The van der Waals surface area contributed by atoms with Crippen LogP contribution < -0.4 is 20.3 Å². The minimum Gasteiger partial charge on any atom is -0.496 e. The van der Waals surface area contributed by atoms with E-state index in [9.17, 15) is 4.79 Å². The number of hydrogen-bond donors (Lipinski definition) is 2. The highest BCUT2D eigenvalue weighted by atomic mass is 127. The highest BCUT2D eigenvalue weighted by Crippen LogP contribution is 2.21. The molecule has 0 saturated carbocycles. The van der Waals surface area contributed by atoms with Gasteiger partial charge < -0.3 is 20.3 Å². The predicted molar refractivity (Wildman–Crippen MR) is 133 cm³/mol. The molecule has 1 aliphatic heterocycles. The summed E-state index contributed by atoms with van der Waals surface area (Å²) in [6.07, 6.45) is 2.45. The highest BCUT2D eigenvalue weighted by molar-refractivity contribution is 14.0. The van der Waals surface area contributed by atoms with Gasteiger partial charge in [0, 0.05) is 31.7 Å². The molecule has 2 N–H and O–H groups in total. The molecule has 1 fully saturated rings. The Hall–Kier alpha value is -2.29. The molecule has 1 aliphatic rings. The maximum atomic E-state index is 11.9. The Labute approximate surface area is 196 Å². The molecule has 7 heteroatoms. The zero-order valence-corrected chi connectivity index (χ0v) is 20.0. The number of nitrogens with one attached hydrogen (secondary N) is 2. The number of benzene rings is 2. The van der Waals surface area contributed by atoms with E-state index in [0.717, 1.165) is 55.4 Å². The average Bonchev–Trinajstić information content (AvgIpc) is 3.18. The van der Waals surface area contributed by atoms with Crippen LogP contribution in [0, 0.1) is 0 Å². The fourth-order valence-electron chi connectivity index (χ4n) is 3.44. The number of aliphatic imine (C=N–C) groups is 1. The van der Waals surface area contributed by atoms with Gasteiger partial charge in [0.15, 0.2) is 5.96 Å². The number of hydrogen-bond acceptors (Lipinski definition) is 3. The van der Waals surface area contributed by atoms with Gasteiger partial charge in [0.1, 0.15) is 5.75 Å². The van der Waals surface area contributed by atoms with E-state index in [0.29, 0.717) is 13.0 Å². The van der Waals surface area contributed by atoms with Crippen molar-refractivity contribution in [2.45, 2.75) is 32.7 Å². The standard InChI is InChI=1S/C23H30N4O2.HI/c1-3-24-23(25-15-14-19-7-4-5-8-21(19)29-2)26-17-18-10-12-20(13-11-18)27-16-6-9-22(27)28;/h4-5,7-8,10-13H,3,6,9,14-17H2,1-2H3,(H2,24,25,26);1H. The van der Waals surface area contributed by atoms with Crippen molar-refractivity contribution < 1.29 is 9.53 Å². The summed E-state index contributed by atoms with van der Waals surface area (Å²) in [7, 11) is 1.70. The lowest BCUT2D eigenvalue weighted by molar-refractivity contribution is -0.117. The molecule has 0 atom stereocenters. The smallest absolute Gasteiger partial charge is 0.227 e. The molecular weight excluding hydrogens is 491 g/mol. The zero-order valence-electron chi connectivity index (χ0n) is 17.7. The van der Waals surface area contributed by atoms with Gasteiger partial charge in [-0.05, 0) is 49.1 Å². The van der Waals surface area contributed by atoms with Crippen molar-refractivity contribution in [3.05, 3.63) is 59.7 Å². The number of para-hydroxylation sites is 1. The SMILES string of the molecule is CCNC(=NCc1ccc(N2CCCC2=O)cc1)NCCc1ccccc1OC.I. The van der Waals surface area contributed by atoms with Crippen LogP contribution in [0.3, 0.4) is 0 Å². The van der Waals surface area contributed by atoms with Gasteiger partial charge in [-0.2, -0.15) is 0 Å². The summed E-state index contributed by atoms with van der Waals surface area (Å²) in [6.45, 7) is 5.02. The van der Waals surface area contributed by atoms with Crippen molar-refractivity contribution in [1.82, 2.24) is 10.6 Å². The number of nitrogens with zero attached hydrogens (tertiary/aromatic N) is 2. The normalized spacial score (nSPS) is 13.7. The molecule has 1 saturated heterocycles. The minimum atomic E-state index is 0. The molecule has 2 aromatic rings. The van der Waals surface area contributed by atoms with Gasteiger partial charge in [0.25, 0.3) is 0 Å². The highest BCUT2D eigenvalue weighted by Gasteiger charge is 2.21. The maximum absolute atomic E-state index is 11.9. The van der Waals surface area contributed by atoms with E-state index in [2.05, 4.69) is 28.6 Å². The Bertz CT molecular complexity index is 839. The van der Waals surface area contributed by atoms with Gasteiger partial charge >= 0.3 is 0 Å². The first-order chi connectivity index (χ1) is 14.2. The van der Waals surface area contributed by atoms with Crippen LogP contribution in [0.2, 0.25) is 0 Å². The minimum absolute atomic E-state index is 0. The topological polar surface area (TPSA) is 66.0 Å². The quantitative estimate of drug-likeness (QED) is 0.315. The van der Waals surface area contributed by atoms with Gasteiger partial charge in [-0.3, -0.25) is 4.79 Å². The largest absolute Gasteiger partial charge is 0.496 e. The molecule has 0 aliphatic carbocycles. The summed E-state index contributed by atoms with van der Waals surface area (Å²) in [5.41, 5.74) is 3.26. The Morgan fingerprint density at radius 1 is 1.13 bits per heavy atom. The third-order valence-corrected chi connectivity index (χ3v) is 4.96. The number of halogens is 1. The van der Waals surface area contributed by atoms with E-state index in [4.69, 9.17) is 4.74 Å². The predicted octanol–water partition coefficient (Wildman–Crippen LogP) is 3.74. The number of methoxy groups -OCH3 is 1.